The van der Waals surface area contributed by atoms with Gasteiger partial charge in [0.1, 0.15) is 6.10 Å². The summed E-state index contributed by atoms with van der Waals surface area (Å²) in [6, 6.07) is 0.431. The maximum Gasteiger partial charge on any atom is 0.311 e. The van der Waals surface area contributed by atoms with Crippen molar-refractivity contribution in [2.75, 3.05) is 18.1 Å². The summed E-state index contributed by atoms with van der Waals surface area (Å²) in [6.45, 7) is 1.02. The third kappa shape index (κ3) is 1.78. The van der Waals surface area contributed by atoms with E-state index in [0.29, 0.717) is 12.0 Å². The van der Waals surface area contributed by atoms with Gasteiger partial charge in [0.15, 0.2) is 0 Å². The van der Waals surface area contributed by atoms with Crippen molar-refractivity contribution in [1.82, 2.24) is 5.32 Å². The number of esters is 1. The predicted octanol–water partition coefficient (Wildman–Crippen LogP) is 1.03. The van der Waals surface area contributed by atoms with Crippen LogP contribution in [0.3, 0.4) is 0 Å². The summed E-state index contributed by atoms with van der Waals surface area (Å²) < 4.78 is 5.58. The largest absolute Gasteiger partial charge is 0.462 e. The van der Waals surface area contributed by atoms with Gasteiger partial charge in [-0.15, -0.1) is 0 Å². The molecule has 0 aromatic carbocycles. The summed E-state index contributed by atoms with van der Waals surface area (Å²) in [6.07, 6.45) is 3.48. The van der Waals surface area contributed by atoms with E-state index in [4.69, 9.17) is 4.74 Å². The maximum atomic E-state index is 11.9. The molecule has 3 atom stereocenters. The number of nitrogens with one attached hydrogen (secondary N) is 1. The summed E-state index contributed by atoms with van der Waals surface area (Å²) in [7, 11) is 0. The van der Waals surface area contributed by atoms with Crippen molar-refractivity contribution in [1.29, 1.82) is 0 Å². The molecule has 1 aliphatic carbocycles. The number of fused-ring (bicyclic) bond motifs is 1. The van der Waals surface area contributed by atoms with Crippen molar-refractivity contribution in [2.45, 2.75) is 31.4 Å². The first-order valence-electron chi connectivity index (χ1n) is 5.86. The maximum absolute atomic E-state index is 11.9. The fourth-order valence-corrected chi connectivity index (χ4v) is 3.93. The Bertz CT molecular complexity index is 251. The Morgan fingerprint density at radius 2 is 2.13 bits per heavy atom. The molecule has 4 rings (SSSR count). The minimum atomic E-state index is 0.0677. The molecule has 2 bridgehead atoms. The van der Waals surface area contributed by atoms with Crippen molar-refractivity contribution in [3.05, 3.63) is 0 Å². The van der Waals surface area contributed by atoms with Gasteiger partial charge < -0.3 is 10.1 Å². The average Bonchev–Trinajstić information content (AvgIpc) is 2.80. The van der Waals surface area contributed by atoms with E-state index in [1.54, 1.807) is 0 Å². The Hall–Kier alpha value is -0.220. The molecule has 3 saturated heterocycles. The molecule has 3 unspecified atom stereocenters. The van der Waals surface area contributed by atoms with E-state index < -0.39 is 0 Å². The van der Waals surface area contributed by atoms with Crippen LogP contribution in [0.2, 0.25) is 0 Å². The van der Waals surface area contributed by atoms with Crippen LogP contribution in [0.25, 0.3) is 0 Å². The van der Waals surface area contributed by atoms with Gasteiger partial charge in [-0.1, -0.05) is 0 Å². The van der Waals surface area contributed by atoms with Crippen LogP contribution in [-0.2, 0) is 9.53 Å². The smallest absolute Gasteiger partial charge is 0.311 e. The van der Waals surface area contributed by atoms with E-state index in [2.05, 4.69) is 5.32 Å². The normalized spacial score (nSPS) is 39.9. The average molecular weight is 227 g/mol. The fourth-order valence-electron chi connectivity index (χ4n) is 2.87. The molecule has 84 valence electrons. The van der Waals surface area contributed by atoms with E-state index in [0.717, 1.165) is 30.9 Å². The van der Waals surface area contributed by atoms with Crippen LogP contribution in [-0.4, -0.2) is 36.2 Å². The highest BCUT2D eigenvalue weighted by atomic mass is 32.2. The van der Waals surface area contributed by atoms with E-state index in [1.165, 1.54) is 6.42 Å². The first kappa shape index (κ1) is 9.97. The number of rotatable bonds is 2. The van der Waals surface area contributed by atoms with Gasteiger partial charge >= 0.3 is 5.97 Å². The Morgan fingerprint density at radius 1 is 1.33 bits per heavy atom. The van der Waals surface area contributed by atoms with Gasteiger partial charge in [-0.25, -0.2) is 0 Å². The number of thioether (sulfide) groups is 1. The van der Waals surface area contributed by atoms with E-state index >= 15 is 0 Å². The van der Waals surface area contributed by atoms with Crippen LogP contribution in [0.4, 0.5) is 0 Å². The van der Waals surface area contributed by atoms with Gasteiger partial charge in [-0.05, 0) is 43.2 Å². The molecule has 3 aliphatic heterocycles. The molecule has 3 heterocycles. The highest BCUT2D eigenvalue weighted by molar-refractivity contribution is 7.99. The first-order chi connectivity index (χ1) is 7.34. The molecule has 0 aromatic rings. The summed E-state index contributed by atoms with van der Waals surface area (Å²) in [5.41, 5.74) is 0. The van der Waals surface area contributed by atoms with Gasteiger partial charge in [-0.3, -0.25) is 4.79 Å². The monoisotopic (exact) mass is 227 g/mol. The lowest BCUT2D eigenvalue weighted by Gasteiger charge is -2.34. The molecule has 0 amide bonds. The molecule has 15 heavy (non-hydrogen) atoms. The molecule has 4 heteroatoms. The zero-order valence-electron chi connectivity index (χ0n) is 8.78. The molecule has 1 N–H and O–H groups in total. The minimum Gasteiger partial charge on any atom is -0.462 e. The molecule has 0 aromatic heterocycles. The van der Waals surface area contributed by atoms with Gasteiger partial charge in [-0.2, -0.15) is 11.8 Å². The zero-order valence-corrected chi connectivity index (χ0v) is 9.59. The Labute approximate surface area is 94.3 Å². The molecule has 3 nitrogen and oxygen atoms in total. The fraction of sp³-hybridized carbons (Fsp3) is 0.909. The lowest BCUT2D eigenvalue weighted by molar-refractivity contribution is -0.159. The highest BCUT2D eigenvalue weighted by Crippen LogP contribution is 2.41. The SMILES string of the molecule is O=C(OC1CCSCC1)C1C2CNC1C2. The second-order valence-electron chi connectivity index (χ2n) is 4.78. The van der Waals surface area contributed by atoms with Gasteiger partial charge in [0.05, 0.1) is 5.92 Å². The molecule has 4 fully saturated rings. The molecule has 1 saturated carbocycles. The van der Waals surface area contributed by atoms with Crippen molar-refractivity contribution >= 4 is 17.7 Å². The standard InChI is InChI=1S/C11H17NO2S/c13-11(10-7-5-9(10)12-6-7)14-8-1-3-15-4-2-8/h7-10,12H,1-6H2. The highest BCUT2D eigenvalue weighted by Gasteiger charge is 2.51. The number of ether oxygens (including phenoxy) is 1. The van der Waals surface area contributed by atoms with Crippen LogP contribution in [0, 0.1) is 11.8 Å². The van der Waals surface area contributed by atoms with E-state index in [1.807, 2.05) is 11.8 Å². The molecule has 0 spiro atoms. The van der Waals surface area contributed by atoms with Crippen molar-refractivity contribution < 1.29 is 9.53 Å². The summed E-state index contributed by atoms with van der Waals surface area (Å²) >= 11 is 1.96. The lowest BCUT2D eigenvalue weighted by atomic mass is 9.74. The Balaban J connectivity index is 1.52. The number of carbonyl (C=O) groups is 1. The van der Waals surface area contributed by atoms with E-state index in [-0.39, 0.29) is 18.0 Å². The minimum absolute atomic E-state index is 0.0677. The van der Waals surface area contributed by atoms with Crippen LogP contribution in [0.5, 0.6) is 0 Å². The van der Waals surface area contributed by atoms with E-state index in [9.17, 15) is 4.79 Å². The van der Waals surface area contributed by atoms with Gasteiger partial charge in [0.2, 0.25) is 0 Å². The Morgan fingerprint density at radius 3 is 2.73 bits per heavy atom. The van der Waals surface area contributed by atoms with Crippen molar-refractivity contribution in [2.24, 2.45) is 11.8 Å². The van der Waals surface area contributed by atoms with Crippen LogP contribution < -0.4 is 5.32 Å². The third-order valence-electron chi connectivity index (χ3n) is 3.86. The van der Waals surface area contributed by atoms with Crippen LogP contribution in [0.1, 0.15) is 19.3 Å². The lowest BCUT2D eigenvalue weighted by Crippen LogP contribution is -2.44. The molecular weight excluding hydrogens is 210 g/mol. The zero-order chi connectivity index (χ0) is 10.3. The number of hydrogen-bond acceptors (Lipinski definition) is 4. The number of carbonyl (C=O) groups excluding carboxylic acids is 1. The Kier molecular flexibility index (Phi) is 2.64. The molecule has 4 aliphatic rings. The van der Waals surface area contributed by atoms with Gasteiger partial charge in [0.25, 0.3) is 0 Å². The summed E-state index contributed by atoms with van der Waals surface area (Å²) in [5.74, 6) is 3.11. The first-order valence-corrected chi connectivity index (χ1v) is 7.01. The molecular formula is C11H17NO2S. The van der Waals surface area contributed by atoms with Crippen molar-refractivity contribution in [3.63, 3.8) is 0 Å². The molecule has 0 radical (unpaired) electrons. The predicted molar refractivity (Wildman–Crippen MR) is 59.8 cm³/mol. The van der Waals surface area contributed by atoms with Crippen LogP contribution >= 0.6 is 11.8 Å². The summed E-state index contributed by atoms with van der Waals surface area (Å²) in [5, 5.41) is 3.36. The summed E-state index contributed by atoms with van der Waals surface area (Å²) in [4.78, 5) is 11.9. The number of hydrogen-bond donors (Lipinski definition) is 1. The third-order valence-corrected chi connectivity index (χ3v) is 4.91. The second-order valence-corrected chi connectivity index (χ2v) is 6.01. The topological polar surface area (TPSA) is 38.3 Å². The quantitative estimate of drug-likeness (QED) is 0.715. The van der Waals surface area contributed by atoms with Gasteiger partial charge in [0, 0.05) is 6.04 Å². The van der Waals surface area contributed by atoms with Crippen molar-refractivity contribution in [3.8, 4) is 0 Å². The second kappa shape index (κ2) is 3.98. The van der Waals surface area contributed by atoms with Crippen LogP contribution in [0.15, 0.2) is 0 Å².